The molecule has 0 unspecified atom stereocenters. The van der Waals surface area contributed by atoms with Crippen molar-refractivity contribution in [3.05, 3.63) is 70.7 Å². The van der Waals surface area contributed by atoms with Crippen molar-refractivity contribution in [1.29, 1.82) is 0 Å². The normalized spacial score (nSPS) is 10.4. The Bertz CT molecular complexity index is 965. The van der Waals surface area contributed by atoms with Gasteiger partial charge in [0.15, 0.2) is 0 Å². The number of aromatic nitrogens is 1. The van der Waals surface area contributed by atoms with Gasteiger partial charge in [-0.15, -0.1) is 11.3 Å². The van der Waals surface area contributed by atoms with E-state index in [4.69, 9.17) is 0 Å². The summed E-state index contributed by atoms with van der Waals surface area (Å²) in [5, 5.41) is 5.77. The summed E-state index contributed by atoms with van der Waals surface area (Å²) in [5.41, 5.74) is 4.18. The Labute approximate surface area is 162 Å². The fourth-order valence-electron chi connectivity index (χ4n) is 2.67. The van der Waals surface area contributed by atoms with Gasteiger partial charge in [-0.25, -0.2) is 9.78 Å². The average Bonchev–Trinajstić information content (AvgIpc) is 3.15. The molecule has 0 aliphatic heterocycles. The molecule has 0 aliphatic carbocycles. The largest absolute Gasteiger partial charge is 0.465 e. The molecule has 0 saturated carbocycles. The van der Waals surface area contributed by atoms with Gasteiger partial charge in [-0.2, -0.15) is 0 Å². The molecule has 5 nitrogen and oxygen atoms in total. The third kappa shape index (κ3) is 4.80. The molecule has 27 heavy (non-hydrogen) atoms. The summed E-state index contributed by atoms with van der Waals surface area (Å²) in [6, 6.07) is 14.8. The van der Waals surface area contributed by atoms with Crippen LogP contribution in [0.5, 0.6) is 0 Å². The molecule has 1 N–H and O–H groups in total. The van der Waals surface area contributed by atoms with Gasteiger partial charge < -0.3 is 10.1 Å². The molecular weight excluding hydrogens is 360 g/mol. The number of hydrogen-bond acceptors (Lipinski definition) is 5. The predicted octanol–water partition coefficient (Wildman–Crippen LogP) is 4.48. The molecule has 2 aromatic carbocycles. The molecule has 3 aromatic rings. The molecule has 1 amide bonds. The first-order valence-electron chi connectivity index (χ1n) is 8.55. The van der Waals surface area contributed by atoms with E-state index in [0.717, 1.165) is 16.3 Å². The number of rotatable bonds is 6. The van der Waals surface area contributed by atoms with Crippen LogP contribution in [-0.2, 0) is 16.0 Å². The van der Waals surface area contributed by atoms with Crippen molar-refractivity contribution in [3.8, 4) is 10.6 Å². The number of esters is 1. The molecule has 0 fully saturated rings. The number of methoxy groups -OCH3 is 1. The average molecular weight is 380 g/mol. The van der Waals surface area contributed by atoms with E-state index in [0.29, 0.717) is 24.1 Å². The molecule has 1 aromatic heterocycles. The molecule has 0 saturated heterocycles. The van der Waals surface area contributed by atoms with Crippen molar-refractivity contribution in [2.45, 2.75) is 19.8 Å². The van der Waals surface area contributed by atoms with Crippen LogP contribution < -0.4 is 5.32 Å². The smallest absolute Gasteiger partial charge is 0.337 e. The zero-order valence-corrected chi connectivity index (χ0v) is 16.0. The molecule has 1 heterocycles. The van der Waals surface area contributed by atoms with Gasteiger partial charge in [0.25, 0.3) is 0 Å². The van der Waals surface area contributed by atoms with Crippen LogP contribution in [0.3, 0.4) is 0 Å². The maximum absolute atomic E-state index is 12.2. The van der Waals surface area contributed by atoms with Gasteiger partial charge in [0, 0.05) is 23.1 Å². The Morgan fingerprint density at radius 1 is 1.15 bits per heavy atom. The minimum atomic E-state index is -0.433. The van der Waals surface area contributed by atoms with E-state index in [1.807, 2.05) is 17.5 Å². The summed E-state index contributed by atoms with van der Waals surface area (Å²) >= 11 is 1.59. The first-order chi connectivity index (χ1) is 13.1. The second-order valence-corrected chi connectivity index (χ2v) is 6.94. The summed E-state index contributed by atoms with van der Waals surface area (Å²) in [7, 11) is 1.33. The number of aryl methyl sites for hydroxylation is 2. The summed E-state index contributed by atoms with van der Waals surface area (Å²) in [4.78, 5) is 28.4. The highest BCUT2D eigenvalue weighted by atomic mass is 32.1. The highest BCUT2D eigenvalue weighted by Crippen LogP contribution is 2.27. The molecule has 0 atom stereocenters. The lowest BCUT2D eigenvalue weighted by Gasteiger charge is -2.06. The lowest BCUT2D eigenvalue weighted by atomic mass is 10.1. The van der Waals surface area contributed by atoms with E-state index in [9.17, 15) is 9.59 Å². The number of carbonyl (C=O) groups is 2. The van der Waals surface area contributed by atoms with Crippen LogP contribution in [0, 0.1) is 6.92 Å². The lowest BCUT2D eigenvalue weighted by Crippen LogP contribution is -2.13. The van der Waals surface area contributed by atoms with E-state index in [1.54, 1.807) is 35.6 Å². The summed E-state index contributed by atoms with van der Waals surface area (Å²) in [5.74, 6) is -0.556. The van der Waals surface area contributed by atoms with Crippen LogP contribution in [0.4, 0.5) is 5.69 Å². The van der Waals surface area contributed by atoms with Crippen LogP contribution in [0.1, 0.15) is 28.0 Å². The molecule has 0 aliphatic rings. The zero-order chi connectivity index (χ0) is 19.2. The number of thiazole rings is 1. The van der Waals surface area contributed by atoms with E-state index >= 15 is 0 Å². The Balaban J connectivity index is 1.59. The van der Waals surface area contributed by atoms with Crippen molar-refractivity contribution < 1.29 is 14.3 Å². The van der Waals surface area contributed by atoms with Crippen molar-refractivity contribution in [2.24, 2.45) is 0 Å². The molecule has 0 bridgehead atoms. The van der Waals surface area contributed by atoms with Crippen molar-refractivity contribution in [1.82, 2.24) is 4.98 Å². The van der Waals surface area contributed by atoms with Gasteiger partial charge in [0.2, 0.25) is 5.91 Å². The molecule has 6 heteroatoms. The number of nitrogens with one attached hydrogen (secondary N) is 1. The van der Waals surface area contributed by atoms with Crippen molar-refractivity contribution in [2.75, 3.05) is 12.4 Å². The van der Waals surface area contributed by atoms with Crippen LogP contribution in [0.15, 0.2) is 53.9 Å². The number of anilines is 1. The SMILES string of the molecule is COC(=O)c1cccc(NC(=O)CCc2csc(-c3ccccc3C)n2)c1. The minimum Gasteiger partial charge on any atom is -0.465 e. The second-order valence-electron chi connectivity index (χ2n) is 6.08. The number of nitrogens with zero attached hydrogens (tertiary/aromatic N) is 1. The molecular formula is C21H20N2O3S. The van der Waals surface area contributed by atoms with Gasteiger partial charge in [0.1, 0.15) is 5.01 Å². The maximum atomic E-state index is 12.2. The quantitative estimate of drug-likeness (QED) is 0.641. The highest BCUT2D eigenvalue weighted by Gasteiger charge is 2.10. The lowest BCUT2D eigenvalue weighted by molar-refractivity contribution is -0.116. The van der Waals surface area contributed by atoms with E-state index in [-0.39, 0.29) is 5.91 Å². The Morgan fingerprint density at radius 2 is 1.96 bits per heavy atom. The minimum absolute atomic E-state index is 0.123. The van der Waals surface area contributed by atoms with Crippen LogP contribution >= 0.6 is 11.3 Å². The third-order valence-electron chi connectivity index (χ3n) is 4.10. The third-order valence-corrected chi connectivity index (χ3v) is 5.03. The standard InChI is InChI=1S/C21H20N2O3S/c1-14-6-3-4-9-18(14)20-23-17(13-27-20)10-11-19(24)22-16-8-5-7-15(12-16)21(25)26-2/h3-9,12-13H,10-11H2,1-2H3,(H,22,24). The van der Waals surface area contributed by atoms with Gasteiger partial charge in [-0.3, -0.25) is 4.79 Å². The number of hydrogen-bond donors (Lipinski definition) is 1. The van der Waals surface area contributed by atoms with Gasteiger partial charge in [-0.1, -0.05) is 30.3 Å². The topological polar surface area (TPSA) is 68.3 Å². The summed E-state index contributed by atoms with van der Waals surface area (Å²) < 4.78 is 4.69. The van der Waals surface area contributed by atoms with Crippen molar-refractivity contribution >= 4 is 28.9 Å². The first-order valence-corrected chi connectivity index (χ1v) is 9.43. The number of amides is 1. The van der Waals surface area contributed by atoms with E-state index in [2.05, 4.69) is 34.1 Å². The summed E-state index contributed by atoms with van der Waals surface area (Å²) in [6.45, 7) is 2.06. The fourth-order valence-corrected chi connectivity index (χ4v) is 3.61. The van der Waals surface area contributed by atoms with Crippen LogP contribution in [0.25, 0.3) is 10.6 Å². The highest BCUT2D eigenvalue weighted by molar-refractivity contribution is 7.13. The maximum Gasteiger partial charge on any atom is 0.337 e. The monoisotopic (exact) mass is 380 g/mol. The Kier molecular flexibility index (Phi) is 5.98. The molecule has 138 valence electrons. The molecule has 0 spiro atoms. The number of ether oxygens (including phenoxy) is 1. The number of carbonyl (C=O) groups excluding carboxylic acids is 2. The predicted molar refractivity (Wildman–Crippen MR) is 107 cm³/mol. The Hall–Kier alpha value is -2.99. The van der Waals surface area contributed by atoms with E-state index < -0.39 is 5.97 Å². The second kappa shape index (κ2) is 8.60. The fraction of sp³-hybridized carbons (Fsp3) is 0.190. The Morgan fingerprint density at radius 3 is 2.74 bits per heavy atom. The van der Waals surface area contributed by atoms with Crippen LogP contribution in [-0.4, -0.2) is 24.0 Å². The van der Waals surface area contributed by atoms with Gasteiger partial charge >= 0.3 is 5.97 Å². The van der Waals surface area contributed by atoms with Gasteiger partial charge in [-0.05, 0) is 37.1 Å². The van der Waals surface area contributed by atoms with Crippen molar-refractivity contribution in [3.63, 3.8) is 0 Å². The van der Waals surface area contributed by atoms with E-state index in [1.165, 1.54) is 12.7 Å². The molecule has 3 rings (SSSR count). The van der Waals surface area contributed by atoms with Crippen LogP contribution in [0.2, 0.25) is 0 Å². The molecule has 0 radical (unpaired) electrons. The number of benzene rings is 2. The zero-order valence-electron chi connectivity index (χ0n) is 15.2. The van der Waals surface area contributed by atoms with Gasteiger partial charge in [0.05, 0.1) is 18.4 Å². The first kappa shape index (κ1) is 18.8. The summed E-state index contributed by atoms with van der Waals surface area (Å²) in [6.07, 6.45) is 0.879.